The van der Waals surface area contributed by atoms with Crippen LogP contribution in [-0.4, -0.2) is 42.3 Å². The van der Waals surface area contributed by atoms with Gasteiger partial charge in [0.1, 0.15) is 6.29 Å². The molecule has 0 aromatic rings. The van der Waals surface area contributed by atoms with Gasteiger partial charge in [-0.05, 0) is 25.6 Å². The fourth-order valence-electron chi connectivity index (χ4n) is 1.80. The molecule has 14 heavy (non-hydrogen) atoms. The Labute approximate surface area is 91.4 Å². The number of carbonyl (C=O) groups excluding carboxylic acids is 1. The highest BCUT2D eigenvalue weighted by Crippen LogP contribution is 2.25. The van der Waals surface area contributed by atoms with Crippen molar-refractivity contribution in [3.05, 3.63) is 0 Å². The number of thioether (sulfide) groups is 1. The average Bonchev–Trinajstić information content (AvgIpc) is 2.70. The first-order chi connectivity index (χ1) is 6.61. The molecule has 0 spiro atoms. The summed E-state index contributed by atoms with van der Waals surface area (Å²) in [6, 6.07) is 0.686. The van der Waals surface area contributed by atoms with Crippen molar-refractivity contribution in [1.82, 2.24) is 4.90 Å². The summed E-state index contributed by atoms with van der Waals surface area (Å²) in [6.45, 7) is 5.04. The van der Waals surface area contributed by atoms with Gasteiger partial charge < -0.3 is 9.69 Å². The van der Waals surface area contributed by atoms with E-state index < -0.39 is 0 Å². The maximum atomic E-state index is 11.0. The lowest BCUT2D eigenvalue weighted by atomic mass is 9.88. The summed E-state index contributed by atoms with van der Waals surface area (Å²) in [7, 11) is 2.15. The van der Waals surface area contributed by atoms with Crippen molar-refractivity contribution in [3.8, 4) is 0 Å². The lowest BCUT2D eigenvalue weighted by Crippen LogP contribution is -2.40. The smallest absolute Gasteiger partial charge is 0.127 e. The molecule has 0 amide bonds. The number of rotatable bonds is 5. The predicted molar refractivity (Wildman–Crippen MR) is 62.8 cm³/mol. The highest BCUT2D eigenvalue weighted by molar-refractivity contribution is 7.99. The highest BCUT2D eigenvalue weighted by Gasteiger charge is 2.28. The standard InChI is InChI=1S/C11H21NOS/c1-4-11(2,9-13)8-12(3)10-5-6-14-7-10/h9-10H,4-8H2,1-3H3. The Morgan fingerprint density at radius 1 is 1.64 bits per heavy atom. The quantitative estimate of drug-likeness (QED) is 0.655. The Morgan fingerprint density at radius 2 is 2.36 bits per heavy atom. The van der Waals surface area contributed by atoms with E-state index in [1.807, 2.05) is 11.8 Å². The molecular weight excluding hydrogens is 194 g/mol. The monoisotopic (exact) mass is 215 g/mol. The number of carbonyl (C=O) groups is 1. The molecule has 0 aliphatic carbocycles. The zero-order valence-electron chi connectivity index (χ0n) is 9.45. The molecule has 0 bridgehead atoms. The number of nitrogens with zero attached hydrogens (tertiary/aromatic N) is 1. The van der Waals surface area contributed by atoms with Gasteiger partial charge in [0.05, 0.1) is 0 Å². The van der Waals surface area contributed by atoms with Crippen LogP contribution in [0.1, 0.15) is 26.7 Å². The minimum atomic E-state index is -0.151. The Bertz CT molecular complexity index is 192. The molecule has 3 heteroatoms. The Kier molecular flexibility index (Phi) is 4.45. The molecule has 1 heterocycles. The molecule has 1 aliphatic heterocycles. The molecule has 0 saturated carbocycles. The van der Waals surface area contributed by atoms with Gasteiger partial charge in [-0.15, -0.1) is 0 Å². The molecule has 1 rings (SSSR count). The number of aldehydes is 1. The zero-order valence-corrected chi connectivity index (χ0v) is 10.3. The van der Waals surface area contributed by atoms with Gasteiger partial charge in [0.15, 0.2) is 0 Å². The van der Waals surface area contributed by atoms with E-state index in [0.717, 1.165) is 19.3 Å². The van der Waals surface area contributed by atoms with E-state index >= 15 is 0 Å². The topological polar surface area (TPSA) is 20.3 Å². The van der Waals surface area contributed by atoms with Gasteiger partial charge in [-0.2, -0.15) is 11.8 Å². The first kappa shape index (κ1) is 12.1. The molecule has 0 N–H and O–H groups in total. The Morgan fingerprint density at radius 3 is 2.79 bits per heavy atom. The molecule has 1 saturated heterocycles. The van der Waals surface area contributed by atoms with E-state index in [1.165, 1.54) is 17.9 Å². The van der Waals surface area contributed by atoms with Crippen LogP contribution in [0.5, 0.6) is 0 Å². The van der Waals surface area contributed by atoms with Crippen LogP contribution in [0.15, 0.2) is 0 Å². The van der Waals surface area contributed by atoms with E-state index in [0.29, 0.717) is 6.04 Å². The van der Waals surface area contributed by atoms with Crippen molar-refractivity contribution < 1.29 is 4.79 Å². The van der Waals surface area contributed by atoms with Gasteiger partial charge in [0.2, 0.25) is 0 Å². The van der Waals surface area contributed by atoms with Crippen LogP contribution in [0, 0.1) is 5.41 Å². The highest BCUT2D eigenvalue weighted by atomic mass is 32.2. The van der Waals surface area contributed by atoms with E-state index in [4.69, 9.17) is 0 Å². The second kappa shape index (κ2) is 5.17. The molecule has 2 nitrogen and oxygen atoms in total. The van der Waals surface area contributed by atoms with Gasteiger partial charge in [0.25, 0.3) is 0 Å². The zero-order chi connectivity index (χ0) is 10.6. The van der Waals surface area contributed by atoms with Gasteiger partial charge in [-0.3, -0.25) is 0 Å². The molecule has 0 aromatic carbocycles. The molecule has 1 fully saturated rings. The van der Waals surface area contributed by atoms with Crippen molar-refractivity contribution in [1.29, 1.82) is 0 Å². The molecular formula is C11H21NOS. The summed E-state index contributed by atoms with van der Waals surface area (Å²) in [4.78, 5) is 13.3. The second-order valence-electron chi connectivity index (χ2n) is 4.56. The van der Waals surface area contributed by atoms with E-state index in [9.17, 15) is 4.79 Å². The van der Waals surface area contributed by atoms with E-state index in [-0.39, 0.29) is 5.41 Å². The van der Waals surface area contributed by atoms with Crippen LogP contribution in [-0.2, 0) is 4.79 Å². The van der Waals surface area contributed by atoms with Crippen LogP contribution in [0.2, 0.25) is 0 Å². The van der Waals surface area contributed by atoms with Crippen molar-refractivity contribution in [2.24, 2.45) is 5.41 Å². The van der Waals surface area contributed by atoms with Gasteiger partial charge in [0, 0.05) is 23.8 Å². The first-order valence-corrected chi connectivity index (χ1v) is 6.51. The van der Waals surface area contributed by atoms with Crippen molar-refractivity contribution in [2.75, 3.05) is 25.1 Å². The van der Waals surface area contributed by atoms with Crippen LogP contribution in [0.4, 0.5) is 0 Å². The summed E-state index contributed by atoms with van der Waals surface area (Å²) in [6.07, 6.45) is 3.33. The van der Waals surface area contributed by atoms with Crippen molar-refractivity contribution in [3.63, 3.8) is 0 Å². The fraction of sp³-hybridized carbons (Fsp3) is 0.909. The van der Waals surface area contributed by atoms with Crippen molar-refractivity contribution >= 4 is 18.0 Å². The van der Waals surface area contributed by atoms with Crippen molar-refractivity contribution in [2.45, 2.75) is 32.7 Å². The minimum Gasteiger partial charge on any atom is -0.303 e. The largest absolute Gasteiger partial charge is 0.303 e. The second-order valence-corrected chi connectivity index (χ2v) is 5.71. The normalized spacial score (nSPS) is 26.4. The predicted octanol–water partition coefficient (Wildman–Crippen LogP) is 2.04. The van der Waals surface area contributed by atoms with Crippen LogP contribution >= 0.6 is 11.8 Å². The Hall–Kier alpha value is -0.0200. The SMILES string of the molecule is CCC(C)(C=O)CN(C)C1CCSC1. The summed E-state index contributed by atoms with van der Waals surface area (Å²) in [5, 5.41) is 0. The van der Waals surface area contributed by atoms with Crippen LogP contribution in [0.3, 0.4) is 0 Å². The van der Waals surface area contributed by atoms with Crippen LogP contribution < -0.4 is 0 Å². The summed E-state index contributed by atoms with van der Waals surface area (Å²) >= 11 is 2.02. The van der Waals surface area contributed by atoms with Gasteiger partial charge in [-0.1, -0.05) is 13.8 Å². The maximum absolute atomic E-state index is 11.0. The van der Waals surface area contributed by atoms with E-state index in [1.54, 1.807) is 0 Å². The molecule has 0 radical (unpaired) electrons. The third-order valence-corrected chi connectivity index (χ3v) is 4.38. The third-order valence-electron chi connectivity index (χ3n) is 3.23. The molecule has 1 aliphatic rings. The third kappa shape index (κ3) is 2.99. The molecule has 2 atom stereocenters. The summed E-state index contributed by atoms with van der Waals surface area (Å²) in [5.41, 5.74) is -0.151. The maximum Gasteiger partial charge on any atom is 0.127 e. The lowest BCUT2D eigenvalue weighted by Gasteiger charge is -2.31. The average molecular weight is 215 g/mol. The molecule has 82 valence electrons. The minimum absolute atomic E-state index is 0.151. The Balaban J connectivity index is 2.45. The van der Waals surface area contributed by atoms with Gasteiger partial charge >= 0.3 is 0 Å². The first-order valence-electron chi connectivity index (χ1n) is 5.35. The van der Waals surface area contributed by atoms with E-state index in [2.05, 4.69) is 25.8 Å². The molecule has 2 unspecified atom stereocenters. The lowest BCUT2D eigenvalue weighted by molar-refractivity contribution is -0.116. The van der Waals surface area contributed by atoms with Crippen LogP contribution in [0.25, 0.3) is 0 Å². The fourth-order valence-corrected chi connectivity index (χ4v) is 3.10. The molecule has 0 aromatic heterocycles. The van der Waals surface area contributed by atoms with Gasteiger partial charge in [-0.25, -0.2) is 0 Å². The number of hydrogen-bond acceptors (Lipinski definition) is 3. The summed E-state index contributed by atoms with van der Waals surface area (Å²) in [5.74, 6) is 2.51. The summed E-state index contributed by atoms with van der Waals surface area (Å²) < 4.78 is 0. The number of hydrogen-bond donors (Lipinski definition) is 0.